The summed E-state index contributed by atoms with van der Waals surface area (Å²) in [6.45, 7) is 6.15. The molecule has 0 bridgehead atoms. The molecule has 4 nitrogen and oxygen atoms in total. The molecule has 0 saturated heterocycles. The normalized spacial score (nSPS) is 12.6. The van der Waals surface area contributed by atoms with Crippen LogP contribution >= 0.6 is 0 Å². The van der Waals surface area contributed by atoms with E-state index in [0.717, 1.165) is 6.42 Å². The largest absolute Gasteiger partial charge is 0.409 e. The van der Waals surface area contributed by atoms with Crippen LogP contribution in [0.25, 0.3) is 0 Å². The van der Waals surface area contributed by atoms with E-state index in [4.69, 9.17) is 10.9 Å². The number of nitrogens with two attached hydrogens (primary N) is 1. The second-order valence-corrected chi connectivity index (χ2v) is 4.84. The first-order chi connectivity index (χ1) is 8.35. The minimum atomic E-state index is -0.499. The van der Waals surface area contributed by atoms with Crippen LogP contribution in [0.1, 0.15) is 32.8 Å². The number of amidine groups is 1. The molecule has 0 heterocycles. The van der Waals surface area contributed by atoms with E-state index >= 15 is 0 Å². The first-order valence-electron chi connectivity index (χ1n) is 5.85. The highest BCUT2D eigenvalue weighted by Crippen LogP contribution is 2.29. The van der Waals surface area contributed by atoms with Gasteiger partial charge in [-0.3, -0.25) is 0 Å². The van der Waals surface area contributed by atoms with Crippen molar-refractivity contribution in [2.45, 2.75) is 32.7 Å². The fourth-order valence-corrected chi connectivity index (χ4v) is 1.66. The molecule has 1 aromatic rings. The maximum Gasteiger partial charge on any atom is 0.175 e. The van der Waals surface area contributed by atoms with E-state index in [2.05, 4.69) is 12.1 Å². The third kappa shape index (κ3) is 2.55. The lowest BCUT2D eigenvalue weighted by Crippen LogP contribution is -2.41. The highest BCUT2D eigenvalue weighted by Gasteiger charge is 2.25. The summed E-state index contributed by atoms with van der Waals surface area (Å²) in [6, 6.07) is 4.67. The molecule has 0 amide bonds. The van der Waals surface area contributed by atoms with Crippen molar-refractivity contribution in [2.75, 3.05) is 11.9 Å². The van der Waals surface area contributed by atoms with Gasteiger partial charge in [0.05, 0.1) is 11.3 Å². The van der Waals surface area contributed by atoms with Gasteiger partial charge in [0, 0.05) is 12.6 Å². The number of rotatable bonds is 4. The molecule has 0 unspecified atom stereocenters. The van der Waals surface area contributed by atoms with Crippen LogP contribution in [0.2, 0.25) is 0 Å². The van der Waals surface area contributed by atoms with Gasteiger partial charge in [0.2, 0.25) is 0 Å². The van der Waals surface area contributed by atoms with Crippen LogP contribution in [0, 0.1) is 5.82 Å². The van der Waals surface area contributed by atoms with Crippen LogP contribution in [0.15, 0.2) is 23.4 Å². The minimum Gasteiger partial charge on any atom is -0.409 e. The maximum atomic E-state index is 13.8. The third-order valence-electron chi connectivity index (χ3n) is 3.49. The molecule has 0 spiro atoms. The summed E-state index contributed by atoms with van der Waals surface area (Å²) in [5, 5.41) is 11.7. The molecule has 0 aliphatic heterocycles. The number of halogens is 1. The standard InChI is InChI=1S/C13H20FN3O/c1-5-13(2,3)17(4)10-8-6-7-9(14)11(10)12(15)16-18/h6-8,18H,5H2,1-4H3,(H2,15,16). The molecule has 0 radical (unpaired) electrons. The van der Waals surface area contributed by atoms with Crippen molar-refractivity contribution in [3.63, 3.8) is 0 Å². The second kappa shape index (κ2) is 5.25. The number of nitrogens with zero attached hydrogens (tertiary/aromatic N) is 2. The highest BCUT2D eigenvalue weighted by molar-refractivity contribution is 6.02. The Morgan fingerprint density at radius 2 is 2.11 bits per heavy atom. The summed E-state index contributed by atoms with van der Waals surface area (Å²) in [7, 11) is 1.87. The van der Waals surface area contributed by atoms with Gasteiger partial charge in [0.1, 0.15) is 5.82 Å². The van der Waals surface area contributed by atoms with Crippen molar-refractivity contribution in [1.29, 1.82) is 0 Å². The molecular weight excluding hydrogens is 233 g/mol. The quantitative estimate of drug-likeness (QED) is 0.375. The lowest BCUT2D eigenvalue weighted by molar-refractivity contribution is 0.318. The summed E-state index contributed by atoms with van der Waals surface area (Å²) in [5.41, 5.74) is 6.13. The molecule has 0 aliphatic rings. The van der Waals surface area contributed by atoms with Crippen molar-refractivity contribution < 1.29 is 9.60 Å². The van der Waals surface area contributed by atoms with Gasteiger partial charge in [-0.2, -0.15) is 0 Å². The molecular formula is C13H20FN3O. The molecule has 5 heteroatoms. The molecule has 0 aromatic heterocycles. The van der Waals surface area contributed by atoms with E-state index in [-0.39, 0.29) is 16.9 Å². The van der Waals surface area contributed by atoms with Crippen LogP contribution in [0.3, 0.4) is 0 Å². The van der Waals surface area contributed by atoms with Gasteiger partial charge in [-0.15, -0.1) is 0 Å². The lowest BCUT2D eigenvalue weighted by Gasteiger charge is -2.37. The Balaban J connectivity index is 3.38. The lowest BCUT2D eigenvalue weighted by atomic mass is 9.97. The van der Waals surface area contributed by atoms with Gasteiger partial charge in [-0.1, -0.05) is 18.1 Å². The first kappa shape index (κ1) is 14.3. The van der Waals surface area contributed by atoms with Gasteiger partial charge in [-0.25, -0.2) is 4.39 Å². The van der Waals surface area contributed by atoms with Crippen LogP contribution < -0.4 is 10.6 Å². The fraction of sp³-hybridized carbons (Fsp3) is 0.462. The van der Waals surface area contributed by atoms with Crippen molar-refractivity contribution in [3.8, 4) is 0 Å². The smallest absolute Gasteiger partial charge is 0.175 e. The van der Waals surface area contributed by atoms with Gasteiger partial charge in [0.25, 0.3) is 0 Å². The average Bonchev–Trinajstić information content (AvgIpc) is 2.36. The third-order valence-corrected chi connectivity index (χ3v) is 3.49. The maximum absolute atomic E-state index is 13.8. The van der Waals surface area contributed by atoms with Crippen molar-refractivity contribution in [1.82, 2.24) is 0 Å². The van der Waals surface area contributed by atoms with Gasteiger partial charge in [0.15, 0.2) is 5.84 Å². The summed E-state index contributed by atoms with van der Waals surface area (Å²) in [5.74, 6) is -0.719. The SMILES string of the molecule is CCC(C)(C)N(C)c1cccc(F)c1C(N)=NO. The first-order valence-corrected chi connectivity index (χ1v) is 5.85. The van der Waals surface area contributed by atoms with Crippen LogP contribution in [0.5, 0.6) is 0 Å². The summed E-state index contributed by atoms with van der Waals surface area (Å²) in [4.78, 5) is 1.93. The Kier molecular flexibility index (Phi) is 4.16. The summed E-state index contributed by atoms with van der Waals surface area (Å²) < 4.78 is 13.8. The van der Waals surface area contributed by atoms with Crippen molar-refractivity contribution in [3.05, 3.63) is 29.6 Å². The molecule has 1 rings (SSSR count). The molecule has 1 aromatic carbocycles. The molecule has 3 N–H and O–H groups in total. The Bertz CT molecular complexity index is 458. The Morgan fingerprint density at radius 3 is 2.61 bits per heavy atom. The minimum absolute atomic E-state index is 0.129. The van der Waals surface area contributed by atoms with Gasteiger partial charge < -0.3 is 15.8 Å². The van der Waals surface area contributed by atoms with E-state index in [1.807, 2.05) is 25.8 Å². The molecule has 0 aliphatic carbocycles. The van der Waals surface area contributed by atoms with Crippen LogP contribution in [-0.4, -0.2) is 23.6 Å². The molecule has 0 saturated carbocycles. The summed E-state index contributed by atoms with van der Waals surface area (Å²) in [6.07, 6.45) is 0.885. The fourth-order valence-electron chi connectivity index (χ4n) is 1.66. The zero-order valence-corrected chi connectivity index (χ0v) is 11.2. The Hall–Kier alpha value is -1.78. The van der Waals surface area contributed by atoms with Crippen molar-refractivity contribution >= 4 is 11.5 Å². The Labute approximate surface area is 107 Å². The van der Waals surface area contributed by atoms with E-state index in [0.29, 0.717) is 5.69 Å². The number of hydrogen-bond acceptors (Lipinski definition) is 3. The second-order valence-electron chi connectivity index (χ2n) is 4.84. The number of oxime groups is 1. The number of hydrogen-bond donors (Lipinski definition) is 2. The van der Waals surface area contributed by atoms with Crippen LogP contribution in [0.4, 0.5) is 10.1 Å². The summed E-state index contributed by atoms with van der Waals surface area (Å²) >= 11 is 0. The predicted octanol–water partition coefficient (Wildman–Crippen LogP) is 2.55. The average molecular weight is 253 g/mol. The van der Waals surface area contributed by atoms with Crippen LogP contribution in [-0.2, 0) is 0 Å². The number of anilines is 1. The predicted molar refractivity (Wildman–Crippen MR) is 71.7 cm³/mol. The van der Waals surface area contributed by atoms with E-state index in [1.54, 1.807) is 12.1 Å². The zero-order chi connectivity index (χ0) is 13.9. The highest BCUT2D eigenvalue weighted by atomic mass is 19.1. The molecule has 100 valence electrons. The zero-order valence-electron chi connectivity index (χ0n) is 11.2. The van der Waals surface area contributed by atoms with E-state index < -0.39 is 5.82 Å². The molecule has 18 heavy (non-hydrogen) atoms. The van der Waals surface area contributed by atoms with Crippen molar-refractivity contribution in [2.24, 2.45) is 10.9 Å². The van der Waals surface area contributed by atoms with Gasteiger partial charge >= 0.3 is 0 Å². The van der Waals surface area contributed by atoms with Gasteiger partial charge in [-0.05, 0) is 32.4 Å². The Morgan fingerprint density at radius 1 is 1.50 bits per heavy atom. The molecule has 0 atom stereocenters. The topological polar surface area (TPSA) is 61.8 Å². The number of benzene rings is 1. The monoisotopic (exact) mass is 253 g/mol. The van der Waals surface area contributed by atoms with E-state index in [9.17, 15) is 4.39 Å². The molecule has 0 fully saturated rings. The van der Waals surface area contributed by atoms with E-state index in [1.165, 1.54) is 6.07 Å².